The molecule has 27 heavy (non-hydrogen) atoms. The summed E-state index contributed by atoms with van der Waals surface area (Å²) in [5.41, 5.74) is 2.56. The average Bonchev–Trinajstić information content (AvgIpc) is 2.71. The van der Waals surface area contributed by atoms with Gasteiger partial charge in [0, 0.05) is 6.07 Å². The summed E-state index contributed by atoms with van der Waals surface area (Å²) in [5, 5.41) is 9.75. The van der Waals surface area contributed by atoms with Crippen molar-refractivity contribution >= 4 is 18.1 Å². The summed E-state index contributed by atoms with van der Waals surface area (Å²) in [6.07, 6.45) is 3.62. The second-order valence-corrected chi connectivity index (χ2v) is 5.91. The highest BCUT2D eigenvalue weighted by atomic mass is 16.5. The lowest BCUT2D eigenvalue weighted by atomic mass is 10.0. The molecule has 136 valence electrons. The van der Waals surface area contributed by atoms with E-state index in [1.54, 1.807) is 25.3 Å². The molecule has 0 atom stereocenters. The lowest BCUT2D eigenvalue weighted by Gasteiger charge is -2.13. The summed E-state index contributed by atoms with van der Waals surface area (Å²) in [7, 11) is 1.54. The third-order valence-corrected chi connectivity index (χ3v) is 4.05. The van der Waals surface area contributed by atoms with Crippen molar-refractivity contribution < 1.29 is 19.4 Å². The van der Waals surface area contributed by atoms with E-state index in [0.717, 1.165) is 11.1 Å². The van der Waals surface area contributed by atoms with E-state index in [2.05, 4.69) is 0 Å². The van der Waals surface area contributed by atoms with Gasteiger partial charge in [-0.15, -0.1) is 0 Å². The number of hydrogen-bond acceptors (Lipinski definition) is 3. The van der Waals surface area contributed by atoms with Gasteiger partial charge in [0.2, 0.25) is 0 Å². The van der Waals surface area contributed by atoms with Gasteiger partial charge in [0.25, 0.3) is 0 Å². The highest BCUT2D eigenvalue weighted by Crippen LogP contribution is 2.31. The van der Waals surface area contributed by atoms with Crippen molar-refractivity contribution in [3.63, 3.8) is 0 Å². The van der Waals surface area contributed by atoms with Gasteiger partial charge in [-0.05, 0) is 22.8 Å². The summed E-state index contributed by atoms with van der Waals surface area (Å²) in [6.45, 7) is 0.274. The Morgan fingerprint density at radius 1 is 0.963 bits per heavy atom. The van der Waals surface area contributed by atoms with Gasteiger partial charge in [-0.1, -0.05) is 72.8 Å². The van der Waals surface area contributed by atoms with Crippen molar-refractivity contribution in [2.75, 3.05) is 7.11 Å². The van der Waals surface area contributed by atoms with Crippen LogP contribution in [0.4, 0.5) is 0 Å². The van der Waals surface area contributed by atoms with Gasteiger partial charge in [0.1, 0.15) is 23.7 Å². The average molecular weight is 360 g/mol. The first-order valence-corrected chi connectivity index (χ1v) is 8.52. The Balaban J connectivity index is 1.96. The molecule has 0 spiro atoms. The van der Waals surface area contributed by atoms with Crippen LogP contribution in [-0.4, -0.2) is 18.2 Å². The van der Waals surface area contributed by atoms with Crippen molar-refractivity contribution in [3.05, 3.63) is 95.1 Å². The number of aromatic carboxylic acids is 1. The molecule has 0 aliphatic heterocycles. The van der Waals surface area contributed by atoms with Gasteiger partial charge < -0.3 is 14.6 Å². The molecule has 0 aromatic heterocycles. The molecule has 0 bridgehead atoms. The van der Waals surface area contributed by atoms with Crippen LogP contribution < -0.4 is 9.47 Å². The zero-order valence-electron chi connectivity index (χ0n) is 15.0. The van der Waals surface area contributed by atoms with E-state index >= 15 is 0 Å². The van der Waals surface area contributed by atoms with Crippen LogP contribution in [0.3, 0.4) is 0 Å². The van der Waals surface area contributed by atoms with Crippen molar-refractivity contribution in [2.24, 2.45) is 0 Å². The first kappa shape index (κ1) is 18.3. The molecule has 0 saturated heterocycles. The normalized spacial score (nSPS) is 10.7. The SMILES string of the molecule is COc1cc(/C=C/c2ccccc2)c(C(=O)O)c(OCc2ccccc2)c1. The van der Waals surface area contributed by atoms with Gasteiger partial charge in [0.15, 0.2) is 0 Å². The van der Waals surface area contributed by atoms with Crippen molar-refractivity contribution in [3.8, 4) is 11.5 Å². The maximum atomic E-state index is 11.9. The molecular weight excluding hydrogens is 340 g/mol. The Bertz CT molecular complexity index is 931. The first-order chi connectivity index (χ1) is 13.2. The van der Waals surface area contributed by atoms with Crippen molar-refractivity contribution in [1.29, 1.82) is 0 Å². The predicted octanol–water partition coefficient (Wildman–Crippen LogP) is 5.14. The molecule has 0 amide bonds. The minimum absolute atomic E-state index is 0.110. The Hall–Kier alpha value is -3.53. The summed E-state index contributed by atoms with van der Waals surface area (Å²) in [4.78, 5) is 11.9. The van der Waals surface area contributed by atoms with E-state index < -0.39 is 5.97 Å². The summed E-state index contributed by atoms with van der Waals surface area (Å²) in [5.74, 6) is -0.234. The lowest BCUT2D eigenvalue weighted by molar-refractivity contribution is 0.0691. The van der Waals surface area contributed by atoms with Crippen LogP contribution in [0.2, 0.25) is 0 Å². The fourth-order valence-corrected chi connectivity index (χ4v) is 2.69. The number of carboxylic acid groups (broad SMARTS) is 1. The molecular formula is C23H20O4. The smallest absolute Gasteiger partial charge is 0.340 e. The molecule has 3 aromatic rings. The first-order valence-electron chi connectivity index (χ1n) is 8.52. The molecule has 4 nitrogen and oxygen atoms in total. The van der Waals surface area contributed by atoms with Crippen LogP contribution in [0.25, 0.3) is 12.2 Å². The number of methoxy groups -OCH3 is 1. The van der Waals surface area contributed by atoms with Crippen LogP contribution in [0.1, 0.15) is 27.0 Å². The second-order valence-electron chi connectivity index (χ2n) is 5.91. The zero-order chi connectivity index (χ0) is 19.1. The van der Waals surface area contributed by atoms with Gasteiger partial charge >= 0.3 is 5.97 Å². The molecule has 0 unspecified atom stereocenters. The lowest BCUT2D eigenvalue weighted by Crippen LogP contribution is -2.06. The molecule has 0 saturated carbocycles. The summed E-state index contributed by atoms with van der Waals surface area (Å²) < 4.78 is 11.2. The van der Waals surface area contributed by atoms with Crippen LogP contribution in [-0.2, 0) is 6.61 Å². The molecule has 4 heteroatoms. The summed E-state index contributed by atoms with van der Waals surface area (Å²) >= 11 is 0. The minimum Gasteiger partial charge on any atom is -0.497 e. The number of carboxylic acids is 1. The third kappa shape index (κ3) is 4.76. The molecule has 3 aromatic carbocycles. The molecule has 0 aliphatic rings. The zero-order valence-corrected chi connectivity index (χ0v) is 15.0. The van der Waals surface area contributed by atoms with E-state index in [9.17, 15) is 9.90 Å². The van der Waals surface area contributed by atoms with Crippen LogP contribution in [0.5, 0.6) is 11.5 Å². The molecule has 3 rings (SSSR count). The fraction of sp³-hybridized carbons (Fsp3) is 0.0870. The van der Waals surface area contributed by atoms with E-state index in [1.807, 2.05) is 66.7 Å². The van der Waals surface area contributed by atoms with Crippen molar-refractivity contribution in [1.82, 2.24) is 0 Å². The highest BCUT2D eigenvalue weighted by Gasteiger charge is 2.18. The monoisotopic (exact) mass is 360 g/mol. The summed E-state index contributed by atoms with van der Waals surface area (Å²) in [6, 6.07) is 22.6. The van der Waals surface area contributed by atoms with Crippen molar-refractivity contribution in [2.45, 2.75) is 6.61 Å². The third-order valence-electron chi connectivity index (χ3n) is 4.05. The molecule has 0 heterocycles. The van der Waals surface area contributed by atoms with E-state index in [0.29, 0.717) is 11.3 Å². The van der Waals surface area contributed by atoms with E-state index in [4.69, 9.17) is 9.47 Å². The molecule has 0 aliphatic carbocycles. The maximum absolute atomic E-state index is 11.9. The quantitative estimate of drug-likeness (QED) is 0.593. The van der Waals surface area contributed by atoms with Crippen LogP contribution in [0.15, 0.2) is 72.8 Å². The van der Waals surface area contributed by atoms with Gasteiger partial charge in [0.05, 0.1) is 7.11 Å². The van der Waals surface area contributed by atoms with Crippen LogP contribution >= 0.6 is 0 Å². The Labute approximate surface area is 158 Å². The molecule has 1 N–H and O–H groups in total. The maximum Gasteiger partial charge on any atom is 0.340 e. The largest absolute Gasteiger partial charge is 0.497 e. The van der Waals surface area contributed by atoms with Gasteiger partial charge in [-0.3, -0.25) is 0 Å². The number of carbonyl (C=O) groups is 1. The van der Waals surface area contributed by atoms with Gasteiger partial charge in [-0.2, -0.15) is 0 Å². The second kappa shape index (κ2) is 8.72. The van der Waals surface area contributed by atoms with Crippen LogP contribution in [0, 0.1) is 0 Å². The Kier molecular flexibility index (Phi) is 5.90. The fourth-order valence-electron chi connectivity index (χ4n) is 2.69. The molecule has 0 radical (unpaired) electrons. The minimum atomic E-state index is -1.05. The predicted molar refractivity (Wildman–Crippen MR) is 106 cm³/mol. The Morgan fingerprint density at radius 3 is 2.26 bits per heavy atom. The molecule has 0 fully saturated rings. The Morgan fingerprint density at radius 2 is 1.63 bits per heavy atom. The number of rotatable bonds is 7. The van der Waals surface area contributed by atoms with E-state index in [1.165, 1.54) is 0 Å². The van der Waals surface area contributed by atoms with Gasteiger partial charge in [-0.25, -0.2) is 4.79 Å². The number of benzene rings is 3. The highest BCUT2D eigenvalue weighted by molar-refractivity contribution is 5.97. The number of ether oxygens (including phenoxy) is 2. The topological polar surface area (TPSA) is 55.8 Å². The van der Waals surface area contributed by atoms with E-state index in [-0.39, 0.29) is 17.9 Å². The number of hydrogen-bond donors (Lipinski definition) is 1. The standard InChI is InChI=1S/C23H20O4/c1-26-20-14-19(13-12-17-8-4-2-5-9-17)22(23(24)25)21(15-20)27-16-18-10-6-3-7-11-18/h2-15H,16H2,1H3,(H,24,25)/b13-12+.